The van der Waals surface area contributed by atoms with E-state index in [1.165, 1.54) is 7.11 Å². The van der Waals surface area contributed by atoms with Gasteiger partial charge >= 0.3 is 5.97 Å². The zero-order chi connectivity index (χ0) is 13.5. The average Bonchev–Trinajstić information content (AvgIpc) is 2.98. The first-order valence-corrected chi connectivity index (χ1v) is 5.47. The van der Waals surface area contributed by atoms with Crippen LogP contribution in [0, 0.1) is 0 Å². The van der Waals surface area contributed by atoms with Crippen molar-refractivity contribution in [2.24, 2.45) is 0 Å². The maximum atomic E-state index is 11.2. The molecule has 0 radical (unpaired) electrons. The molecule has 0 aromatic heterocycles. The normalized spacial score (nSPS) is 16.9. The van der Waals surface area contributed by atoms with Crippen LogP contribution in [-0.4, -0.2) is 36.3 Å². The minimum atomic E-state index is -0.614. The monoisotopic (exact) mass is 249 g/mol. The molecule has 96 valence electrons. The Morgan fingerprint density at radius 1 is 1.39 bits per heavy atom. The van der Waals surface area contributed by atoms with Crippen molar-refractivity contribution in [2.45, 2.75) is 12.8 Å². The van der Waals surface area contributed by atoms with Gasteiger partial charge in [-0.2, -0.15) is 0 Å². The highest BCUT2D eigenvalue weighted by atomic mass is 16.5. The van der Waals surface area contributed by atoms with Crippen LogP contribution >= 0.6 is 0 Å². The molecule has 5 nitrogen and oxygen atoms in total. The lowest BCUT2D eigenvalue weighted by atomic mass is 10.3. The smallest absolute Gasteiger partial charge is 0.325 e. The fraction of sp³-hybridized carbons (Fsp3) is 0.308. The quantitative estimate of drug-likeness (QED) is 0.415. The molecule has 0 aromatic carbocycles. The van der Waals surface area contributed by atoms with E-state index >= 15 is 0 Å². The minimum absolute atomic E-state index is 0.00414. The molecule has 5 heteroatoms. The maximum Gasteiger partial charge on any atom is 0.325 e. The lowest BCUT2D eigenvalue weighted by Crippen LogP contribution is -2.34. The standard InChI is InChI=1S/C8H9NO4.C5H6/c1-5-3-6(10)9(8(5)12)4-7(11)13-2;1-2-4-5-3-1/h1,3-4H2,2H3;1-4H,5H2. The van der Waals surface area contributed by atoms with Crippen LogP contribution in [0.5, 0.6) is 0 Å². The van der Waals surface area contributed by atoms with Gasteiger partial charge in [-0.1, -0.05) is 30.9 Å². The van der Waals surface area contributed by atoms with Gasteiger partial charge in [-0.05, 0) is 6.42 Å². The second-order valence-electron chi connectivity index (χ2n) is 3.73. The number of allylic oxidation sites excluding steroid dienone is 4. The number of hydrogen-bond acceptors (Lipinski definition) is 4. The number of likely N-dealkylation sites (tertiary alicyclic amines) is 1. The molecule has 0 atom stereocenters. The molecule has 18 heavy (non-hydrogen) atoms. The SMILES string of the molecule is C1=CCC=C1.C=C1CC(=O)N(CC(=O)OC)C1=O. The van der Waals surface area contributed by atoms with Crippen LogP contribution < -0.4 is 0 Å². The van der Waals surface area contributed by atoms with Gasteiger partial charge < -0.3 is 4.74 Å². The van der Waals surface area contributed by atoms with E-state index in [1.807, 2.05) is 0 Å². The van der Waals surface area contributed by atoms with Crippen molar-refractivity contribution in [1.82, 2.24) is 4.90 Å². The van der Waals surface area contributed by atoms with Crippen LogP contribution in [0.3, 0.4) is 0 Å². The molecule has 0 aromatic rings. The zero-order valence-electron chi connectivity index (χ0n) is 10.2. The van der Waals surface area contributed by atoms with E-state index in [0.717, 1.165) is 11.3 Å². The third kappa shape index (κ3) is 3.69. The molecule has 1 heterocycles. The van der Waals surface area contributed by atoms with Gasteiger partial charge in [0, 0.05) is 5.57 Å². The Morgan fingerprint density at radius 3 is 2.33 bits per heavy atom. The summed E-state index contributed by atoms with van der Waals surface area (Å²) < 4.78 is 4.33. The summed E-state index contributed by atoms with van der Waals surface area (Å²) in [6, 6.07) is 0. The lowest BCUT2D eigenvalue weighted by molar-refractivity contribution is -0.150. The Kier molecular flexibility index (Phi) is 5.05. The zero-order valence-corrected chi connectivity index (χ0v) is 10.2. The number of nitrogens with zero attached hydrogens (tertiary/aromatic N) is 1. The van der Waals surface area contributed by atoms with Crippen LogP contribution in [-0.2, 0) is 19.1 Å². The van der Waals surface area contributed by atoms with Gasteiger partial charge in [0.1, 0.15) is 6.54 Å². The average molecular weight is 249 g/mol. The van der Waals surface area contributed by atoms with Gasteiger partial charge in [0.05, 0.1) is 13.5 Å². The maximum absolute atomic E-state index is 11.2. The summed E-state index contributed by atoms with van der Waals surface area (Å²) in [5, 5.41) is 0. The molecule has 1 aliphatic carbocycles. The largest absolute Gasteiger partial charge is 0.468 e. The molecule has 0 saturated carbocycles. The van der Waals surface area contributed by atoms with Crippen molar-refractivity contribution in [3.05, 3.63) is 36.5 Å². The van der Waals surface area contributed by atoms with Gasteiger partial charge in [0.2, 0.25) is 5.91 Å². The van der Waals surface area contributed by atoms with Gasteiger partial charge in [0.15, 0.2) is 0 Å². The number of esters is 1. The second kappa shape index (κ2) is 6.54. The van der Waals surface area contributed by atoms with Crippen LogP contribution in [0.15, 0.2) is 36.5 Å². The number of carbonyl (C=O) groups excluding carboxylic acids is 3. The molecule has 2 amide bonds. The molecule has 0 N–H and O–H groups in total. The van der Waals surface area contributed by atoms with Crippen molar-refractivity contribution in [2.75, 3.05) is 13.7 Å². The van der Waals surface area contributed by atoms with Gasteiger partial charge in [-0.25, -0.2) is 0 Å². The number of ether oxygens (including phenoxy) is 1. The lowest BCUT2D eigenvalue weighted by Gasteiger charge is -2.10. The Morgan fingerprint density at radius 2 is 2.00 bits per heavy atom. The Bertz CT molecular complexity index is 424. The summed E-state index contributed by atoms with van der Waals surface area (Å²) in [6.07, 6.45) is 9.50. The highest BCUT2D eigenvalue weighted by Gasteiger charge is 2.33. The van der Waals surface area contributed by atoms with Gasteiger partial charge in [-0.3, -0.25) is 19.3 Å². The van der Waals surface area contributed by atoms with Crippen molar-refractivity contribution >= 4 is 17.8 Å². The summed E-state index contributed by atoms with van der Waals surface area (Å²) in [6.45, 7) is 3.08. The summed E-state index contributed by atoms with van der Waals surface area (Å²) >= 11 is 0. The third-order valence-corrected chi connectivity index (χ3v) is 2.38. The first-order valence-electron chi connectivity index (χ1n) is 5.47. The summed E-state index contributed by atoms with van der Waals surface area (Å²) in [7, 11) is 1.20. The highest BCUT2D eigenvalue weighted by molar-refractivity contribution is 6.14. The third-order valence-electron chi connectivity index (χ3n) is 2.38. The van der Waals surface area contributed by atoms with Gasteiger partial charge in [0.25, 0.3) is 5.91 Å². The van der Waals surface area contributed by atoms with Crippen molar-refractivity contribution in [3.63, 3.8) is 0 Å². The van der Waals surface area contributed by atoms with E-state index in [2.05, 4.69) is 35.6 Å². The predicted octanol–water partition coefficient (Wildman–Crippen LogP) is 0.977. The molecule has 2 aliphatic rings. The molecule has 0 unspecified atom stereocenters. The first kappa shape index (κ1) is 13.9. The first-order chi connectivity index (χ1) is 8.56. The Labute approximate surface area is 105 Å². The molecular formula is C13H15NO4. The topological polar surface area (TPSA) is 63.7 Å². The van der Waals surface area contributed by atoms with Gasteiger partial charge in [-0.15, -0.1) is 0 Å². The summed E-state index contributed by atoms with van der Waals surface area (Å²) in [4.78, 5) is 33.9. The minimum Gasteiger partial charge on any atom is -0.468 e. The molecule has 0 bridgehead atoms. The Hall–Kier alpha value is -2.17. The van der Waals surface area contributed by atoms with Crippen molar-refractivity contribution < 1.29 is 19.1 Å². The van der Waals surface area contributed by atoms with E-state index in [1.54, 1.807) is 0 Å². The predicted molar refractivity (Wildman–Crippen MR) is 65.4 cm³/mol. The number of rotatable bonds is 2. The van der Waals surface area contributed by atoms with E-state index in [4.69, 9.17) is 0 Å². The van der Waals surface area contributed by atoms with E-state index in [-0.39, 0.29) is 18.5 Å². The molecule has 0 spiro atoms. The number of amides is 2. The fourth-order valence-electron chi connectivity index (χ4n) is 1.40. The second-order valence-corrected chi connectivity index (χ2v) is 3.73. The molecule has 1 aliphatic heterocycles. The molecular weight excluding hydrogens is 234 g/mol. The number of imide groups is 1. The van der Waals surface area contributed by atoms with Crippen molar-refractivity contribution in [3.8, 4) is 0 Å². The van der Waals surface area contributed by atoms with Crippen LogP contribution in [0.1, 0.15) is 12.8 Å². The Balaban J connectivity index is 0.000000269. The van der Waals surface area contributed by atoms with Crippen LogP contribution in [0.2, 0.25) is 0 Å². The summed E-state index contributed by atoms with van der Waals surface area (Å²) in [5.41, 5.74) is 0.217. The van der Waals surface area contributed by atoms with Crippen LogP contribution in [0.4, 0.5) is 0 Å². The van der Waals surface area contributed by atoms with E-state index in [0.29, 0.717) is 0 Å². The number of carbonyl (C=O) groups is 3. The molecule has 1 saturated heterocycles. The summed E-state index contributed by atoms with van der Waals surface area (Å²) in [5.74, 6) is -1.51. The van der Waals surface area contributed by atoms with E-state index in [9.17, 15) is 14.4 Å². The molecule has 2 rings (SSSR count). The molecule has 1 fully saturated rings. The highest BCUT2D eigenvalue weighted by Crippen LogP contribution is 2.15. The van der Waals surface area contributed by atoms with E-state index < -0.39 is 17.8 Å². The van der Waals surface area contributed by atoms with Crippen molar-refractivity contribution in [1.29, 1.82) is 0 Å². The van der Waals surface area contributed by atoms with Crippen LogP contribution in [0.25, 0.3) is 0 Å². The fourth-order valence-corrected chi connectivity index (χ4v) is 1.40. The number of hydrogen-bond donors (Lipinski definition) is 0. The number of methoxy groups -OCH3 is 1.